The molecule has 2 saturated carbocycles. The van der Waals surface area contributed by atoms with E-state index in [9.17, 15) is 0 Å². The number of hydrogen-bond acceptors (Lipinski definition) is 2. The van der Waals surface area contributed by atoms with E-state index < -0.39 is 0 Å². The van der Waals surface area contributed by atoms with Crippen LogP contribution in [0, 0.1) is 5.92 Å². The largest absolute Gasteiger partial charge is 0.375 e. The van der Waals surface area contributed by atoms with Crippen molar-refractivity contribution in [2.45, 2.75) is 77.0 Å². The molecule has 2 nitrogen and oxygen atoms in total. The lowest BCUT2D eigenvalue weighted by molar-refractivity contribution is -0.0330. The van der Waals surface area contributed by atoms with Crippen LogP contribution in [0.4, 0.5) is 0 Å². The SMILES string of the molecule is CC1CCCC(OC(C)CCNC2CC2)C1. The number of nitrogens with one attached hydrogen (secondary N) is 1. The zero-order valence-corrected chi connectivity index (χ0v) is 10.9. The number of rotatable bonds is 6. The van der Waals surface area contributed by atoms with Gasteiger partial charge in [0.2, 0.25) is 0 Å². The minimum Gasteiger partial charge on any atom is -0.375 e. The Balaban J connectivity index is 1.55. The fourth-order valence-corrected chi connectivity index (χ4v) is 2.68. The summed E-state index contributed by atoms with van der Waals surface area (Å²) in [5, 5.41) is 3.55. The van der Waals surface area contributed by atoms with Crippen molar-refractivity contribution in [2.75, 3.05) is 6.54 Å². The van der Waals surface area contributed by atoms with Crippen molar-refractivity contribution in [3.8, 4) is 0 Å². The van der Waals surface area contributed by atoms with Crippen LogP contribution in [-0.2, 0) is 4.74 Å². The third-order valence-electron chi connectivity index (χ3n) is 3.87. The van der Waals surface area contributed by atoms with Gasteiger partial charge in [0, 0.05) is 6.04 Å². The van der Waals surface area contributed by atoms with Crippen LogP contribution in [0.25, 0.3) is 0 Å². The van der Waals surface area contributed by atoms with Crippen LogP contribution in [0.1, 0.15) is 58.8 Å². The summed E-state index contributed by atoms with van der Waals surface area (Å²) in [5.41, 5.74) is 0. The van der Waals surface area contributed by atoms with Gasteiger partial charge < -0.3 is 10.1 Å². The van der Waals surface area contributed by atoms with E-state index in [1.165, 1.54) is 44.9 Å². The first kappa shape index (κ1) is 12.4. The molecule has 2 aliphatic rings. The second-order valence-corrected chi connectivity index (χ2v) is 5.86. The Kier molecular flexibility index (Phi) is 4.66. The molecule has 0 heterocycles. The minimum atomic E-state index is 0.432. The van der Waals surface area contributed by atoms with E-state index in [1.807, 2.05) is 0 Å². The molecule has 0 spiro atoms. The monoisotopic (exact) mass is 225 g/mol. The molecule has 1 N–H and O–H groups in total. The van der Waals surface area contributed by atoms with Crippen LogP contribution in [0.5, 0.6) is 0 Å². The predicted molar refractivity (Wildman–Crippen MR) is 67.6 cm³/mol. The molecule has 3 unspecified atom stereocenters. The Labute approximate surface area is 100 Å². The van der Waals surface area contributed by atoms with Crippen molar-refractivity contribution in [3.63, 3.8) is 0 Å². The second kappa shape index (κ2) is 6.02. The highest BCUT2D eigenvalue weighted by Crippen LogP contribution is 2.26. The standard InChI is InChI=1S/C14H27NO/c1-11-4-3-5-14(10-11)16-12(2)8-9-15-13-6-7-13/h11-15H,3-10H2,1-2H3. The lowest BCUT2D eigenvalue weighted by atomic mass is 9.88. The molecule has 0 aromatic rings. The fourth-order valence-electron chi connectivity index (χ4n) is 2.68. The average molecular weight is 225 g/mol. The molecule has 0 aromatic heterocycles. The Morgan fingerprint density at radius 1 is 1.25 bits per heavy atom. The molecular formula is C14H27NO. The van der Waals surface area contributed by atoms with Gasteiger partial charge >= 0.3 is 0 Å². The van der Waals surface area contributed by atoms with Gasteiger partial charge in [-0.05, 0) is 51.5 Å². The molecule has 2 fully saturated rings. The van der Waals surface area contributed by atoms with E-state index >= 15 is 0 Å². The van der Waals surface area contributed by atoms with Gasteiger partial charge in [-0.15, -0.1) is 0 Å². The molecule has 0 aromatic carbocycles. The topological polar surface area (TPSA) is 21.3 Å². The van der Waals surface area contributed by atoms with Crippen molar-refractivity contribution in [3.05, 3.63) is 0 Å². The van der Waals surface area contributed by atoms with E-state index in [2.05, 4.69) is 19.2 Å². The molecule has 94 valence electrons. The van der Waals surface area contributed by atoms with Crippen molar-refractivity contribution < 1.29 is 4.74 Å². The first-order chi connectivity index (χ1) is 7.74. The smallest absolute Gasteiger partial charge is 0.0581 e. The van der Waals surface area contributed by atoms with E-state index in [1.54, 1.807) is 0 Å². The Hall–Kier alpha value is -0.0800. The van der Waals surface area contributed by atoms with Crippen molar-refractivity contribution in [2.24, 2.45) is 5.92 Å². The van der Waals surface area contributed by atoms with E-state index in [4.69, 9.17) is 4.74 Å². The van der Waals surface area contributed by atoms with Gasteiger partial charge in [-0.3, -0.25) is 0 Å². The number of ether oxygens (including phenoxy) is 1. The quantitative estimate of drug-likeness (QED) is 0.750. The van der Waals surface area contributed by atoms with Crippen LogP contribution in [-0.4, -0.2) is 24.8 Å². The summed E-state index contributed by atoms with van der Waals surface area (Å²) in [6.07, 6.45) is 10.2. The van der Waals surface area contributed by atoms with Crippen molar-refractivity contribution >= 4 is 0 Å². The Bertz CT molecular complexity index is 203. The summed E-state index contributed by atoms with van der Waals surface area (Å²) >= 11 is 0. The van der Waals surface area contributed by atoms with Crippen LogP contribution in [0.15, 0.2) is 0 Å². The normalized spacial score (nSPS) is 32.6. The van der Waals surface area contributed by atoms with Gasteiger partial charge in [0.15, 0.2) is 0 Å². The van der Waals surface area contributed by atoms with Gasteiger partial charge in [-0.2, -0.15) is 0 Å². The molecule has 16 heavy (non-hydrogen) atoms. The van der Waals surface area contributed by atoms with Gasteiger partial charge in [-0.25, -0.2) is 0 Å². The summed E-state index contributed by atoms with van der Waals surface area (Å²) in [5.74, 6) is 0.871. The molecule has 0 bridgehead atoms. The molecule has 2 rings (SSSR count). The molecule has 2 aliphatic carbocycles. The second-order valence-electron chi connectivity index (χ2n) is 5.86. The summed E-state index contributed by atoms with van der Waals surface area (Å²) < 4.78 is 6.12. The third kappa shape index (κ3) is 4.42. The predicted octanol–water partition coefficient (Wildman–Crippen LogP) is 3.11. The molecule has 0 radical (unpaired) electrons. The summed E-state index contributed by atoms with van der Waals surface area (Å²) in [7, 11) is 0. The molecule has 0 amide bonds. The third-order valence-corrected chi connectivity index (χ3v) is 3.87. The molecule has 0 saturated heterocycles. The molecule has 2 heteroatoms. The van der Waals surface area contributed by atoms with Crippen LogP contribution in [0.3, 0.4) is 0 Å². The fraction of sp³-hybridized carbons (Fsp3) is 1.00. The first-order valence-electron chi connectivity index (χ1n) is 7.13. The van der Waals surface area contributed by atoms with Crippen molar-refractivity contribution in [1.29, 1.82) is 0 Å². The molecular weight excluding hydrogens is 198 g/mol. The Morgan fingerprint density at radius 2 is 2.06 bits per heavy atom. The highest BCUT2D eigenvalue weighted by atomic mass is 16.5. The zero-order chi connectivity index (χ0) is 11.4. The number of hydrogen-bond donors (Lipinski definition) is 1. The summed E-state index contributed by atoms with van der Waals surface area (Å²) in [4.78, 5) is 0. The lowest BCUT2D eigenvalue weighted by Gasteiger charge is -2.29. The average Bonchev–Trinajstić information content (AvgIpc) is 3.01. The van der Waals surface area contributed by atoms with E-state index in [-0.39, 0.29) is 0 Å². The van der Waals surface area contributed by atoms with E-state index in [0.717, 1.165) is 18.5 Å². The van der Waals surface area contributed by atoms with Gasteiger partial charge in [0.05, 0.1) is 12.2 Å². The van der Waals surface area contributed by atoms with Crippen LogP contribution in [0.2, 0.25) is 0 Å². The summed E-state index contributed by atoms with van der Waals surface area (Å²) in [6.45, 7) is 5.72. The van der Waals surface area contributed by atoms with Gasteiger partial charge in [-0.1, -0.05) is 19.8 Å². The Morgan fingerprint density at radius 3 is 2.75 bits per heavy atom. The van der Waals surface area contributed by atoms with Gasteiger partial charge in [0.25, 0.3) is 0 Å². The highest BCUT2D eigenvalue weighted by Gasteiger charge is 2.22. The van der Waals surface area contributed by atoms with Crippen LogP contribution >= 0.6 is 0 Å². The molecule has 3 atom stereocenters. The van der Waals surface area contributed by atoms with Gasteiger partial charge in [0.1, 0.15) is 0 Å². The van der Waals surface area contributed by atoms with Crippen molar-refractivity contribution in [1.82, 2.24) is 5.32 Å². The van der Waals surface area contributed by atoms with E-state index in [0.29, 0.717) is 12.2 Å². The summed E-state index contributed by atoms with van der Waals surface area (Å²) in [6, 6.07) is 0.835. The molecule has 0 aliphatic heterocycles. The van der Waals surface area contributed by atoms with Crippen LogP contribution < -0.4 is 5.32 Å². The first-order valence-corrected chi connectivity index (χ1v) is 7.13. The maximum absolute atomic E-state index is 6.12. The minimum absolute atomic E-state index is 0.432. The maximum Gasteiger partial charge on any atom is 0.0581 e. The maximum atomic E-state index is 6.12. The zero-order valence-electron chi connectivity index (χ0n) is 10.9. The lowest BCUT2D eigenvalue weighted by Crippen LogP contribution is -2.28. The highest BCUT2D eigenvalue weighted by molar-refractivity contribution is 4.81.